The lowest BCUT2D eigenvalue weighted by atomic mass is 9.73. The zero-order valence-electron chi connectivity index (χ0n) is 17.8. The summed E-state index contributed by atoms with van der Waals surface area (Å²) < 4.78 is 0. The van der Waals surface area contributed by atoms with Crippen molar-refractivity contribution in [3.63, 3.8) is 0 Å². The minimum absolute atomic E-state index is 0.0941. The van der Waals surface area contributed by atoms with Crippen LogP contribution < -0.4 is 0 Å². The maximum absolute atomic E-state index is 13.9. The van der Waals surface area contributed by atoms with Crippen molar-refractivity contribution in [3.8, 4) is 0 Å². The predicted octanol–water partition coefficient (Wildman–Crippen LogP) is 6.61. The van der Waals surface area contributed by atoms with Crippen LogP contribution in [0.2, 0.25) is 0 Å². The Morgan fingerprint density at radius 2 is 1.32 bits per heavy atom. The summed E-state index contributed by atoms with van der Waals surface area (Å²) in [6.45, 7) is 0. The number of carbonyl (C=O) groups is 1. The first-order valence-corrected chi connectivity index (χ1v) is 11.3. The number of benzene rings is 3. The van der Waals surface area contributed by atoms with Crippen LogP contribution in [0.1, 0.15) is 53.6 Å². The molecule has 1 heterocycles. The molecule has 0 N–H and O–H groups in total. The van der Waals surface area contributed by atoms with Gasteiger partial charge >= 0.3 is 0 Å². The van der Waals surface area contributed by atoms with Crippen LogP contribution >= 0.6 is 0 Å². The van der Waals surface area contributed by atoms with Crippen LogP contribution in [0.5, 0.6) is 0 Å². The molecule has 1 aliphatic heterocycles. The molecular formula is C29H27NO. The fraction of sp³-hybridized carbons (Fsp3) is 0.241. The van der Waals surface area contributed by atoms with E-state index in [2.05, 4.69) is 36.4 Å². The highest BCUT2D eigenvalue weighted by atomic mass is 16.1. The molecule has 5 rings (SSSR count). The number of carbonyl (C=O) groups excluding carboxylic acids is 1. The van der Waals surface area contributed by atoms with Gasteiger partial charge in [-0.1, -0.05) is 110 Å². The second-order valence-corrected chi connectivity index (χ2v) is 8.63. The van der Waals surface area contributed by atoms with E-state index in [1.165, 1.54) is 17.6 Å². The van der Waals surface area contributed by atoms with Crippen molar-refractivity contribution in [2.75, 3.05) is 0 Å². The molecule has 1 aliphatic carbocycles. The number of aliphatic imine (C=N–C) groups is 1. The third kappa shape index (κ3) is 3.79. The van der Waals surface area contributed by atoms with Crippen LogP contribution in [0.15, 0.2) is 107 Å². The molecule has 2 nitrogen and oxygen atoms in total. The number of rotatable bonds is 5. The summed E-state index contributed by atoms with van der Waals surface area (Å²) >= 11 is 0. The third-order valence-corrected chi connectivity index (χ3v) is 6.64. The standard InChI is InChI=1S/C29H27NO/c31-28(24-17-9-3-10-18-24)26-25(21-22-13-5-1-6-14-22)29(19-11-4-12-20-29)30-27(26)23-15-7-2-8-16-23/h1-3,5-10,13-18H,4,11-12,19-21H2. The van der Waals surface area contributed by atoms with E-state index in [0.29, 0.717) is 0 Å². The van der Waals surface area contributed by atoms with E-state index < -0.39 is 0 Å². The minimum atomic E-state index is -0.251. The summed E-state index contributed by atoms with van der Waals surface area (Å²) in [6, 6.07) is 30.5. The van der Waals surface area contributed by atoms with E-state index in [0.717, 1.165) is 54.5 Å². The molecule has 154 valence electrons. The molecule has 1 spiro atoms. The lowest BCUT2D eigenvalue weighted by Crippen LogP contribution is -2.31. The van der Waals surface area contributed by atoms with E-state index >= 15 is 0 Å². The first-order valence-electron chi connectivity index (χ1n) is 11.3. The Labute approximate surface area is 184 Å². The molecule has 2 heteroatoms. The van der Waals surface area contributed by atoms with Gasteiger partial charge in [0, 0.05) is 11.1 Å². The van der Waals surface area contributed by atoms with E-state index in [1.807, 2.05) is 54.6 Å². The largest absolute Gasteiger partial charge is 0.289 e. The highest BCUT2D eigenvalue weighted by molar-refractivity contribution is 6.34. The second-order valence-electron chi connectivity index (χ2n) is 8.63. The van der Waals surface area contributed by atoms with Gasteiger partial charge in [-0.05, 0) is 30.4 Å². The molecule has 2 aliphatic rings. The molecule has 0 aromatic heterocycles. The summed E-state index contributed by atoms with van der Waals surface area (Å²) in [4.78, 5) is 19.3. The predicted molar refractivity (Wildman–Crippen MR) is 127 cm³/mol. The molecule has 0 bridgehead atoms. The Hall–Kier alpha value is -3.26. The Bertz CT molecular complexity index is 1120. The highest BCUT2D eigenvalue weighted by Crippen LogP contribution is 2.46. The van der Waals surface area contributed by atoms with Gasteiger partial charge in [0.2, 0.25) is 0 Å². The molecule has 1 saturated carbocycles. The summed E-state index contributed by atoms with van der Waals surface area (Å²) in [6.07, 6.45) is 6.40. The number of ketones is 1. The monoisotopic (exact) mass is 405 g/mol. The zero-order chi connectivity index (χ0) is 21.1. The van der Waals surface area contributed by atoms with E-state index in [9.17, 15) is 4.79 Å². The minimum Gasteiger partial charge on any atom is -0.289 e. The fourth-order valence-corrected chi connectivity index (χ4v) is 5.10. The van der Waals surface area contributed by atoms with Crippen molar-refractivity contribution in [2.24, 2.45) is 4.99 Å². The molecule has 31 heavy (non-hydrogen) atoms. The number of hydrogen-bond donors (Lipinski definition) is 0. The van der Waals surface area contributed by atoms with E-state index in [1.54, 1.807) is 0 Å². The lowest BCUT2D eigenvalue weighted by Gasteiger charge is -2.34. The van der Waals surface area contributed by atoms with Gasteiger partial charge in [-0.2, -0.15) is 0 Å². The fourth-order valence-electron chi connectivity index (χ4n) is 5.10. The van der Waals surface area contributed by atoms with Crippen LogP contribution in [-0.2, 0) is 6.42 Å². The van der Waals surface area contributed by atoms with Gasteiger partial charge in [0.05, 0.1) is 16.8 Å². The van der Waals surface area contributed by atoms with Gasteiger partial charge in [-0.3, -0.25) is 9.79 Å². The Kier molecular flexibility index (Phi) is 5.38. The molecule has 0 unspecified atom stereocenters. The van der Waals surface area contributed by atoms with Crippen molar-refractivity contribution in [1.82, 2.24) is 0 Å². The van der Waals surface area contributed by atoms with Gasteiger partial charge in [0.25, 0.3) is 0 Å². The number of hydrogen-bond acceptors (Lipinski definition) is 2. The molecule has 3 aromatic rings. The lowest BCUT2D eigenvalue weighted by molar-refractivity contribution is 0.103. The number of nitrogens with zero attached hydrogens (tertiary/aromatic N) is 1. The third-order valence-electron chi connectivity index (χ3n) is 6.64. The topological polar surface area (TPSA) is 29.4 Å². The maximum Gasteiger partial charge on any atom is 0.195 e. The summed E-state index contributed by atoms with van der Waals surface area (Å²) in [5.74, 6) is 0.0941. The van der Waals surface area contributed by atoms with Crippen molar-refractivity contribution < 1.29 is 4.79 Å². The van der Waals surface area contributed by atoms with Crippen LogP contribution in [0, 0.1) is 0 Å². The first-order chi connectivity index (χ1) is 15.3. The molecular weight excluding hydrogens is 378 g/mol. The van der Waals surface area contributed by atoms with E-state index in [4.69, 9.17) is 4.99 Å². The van der Waals surface area contributed by atoms with Gasteiger partial charge in [0.15, 0.2) is 5.78 Å². The average Bonchev–Trinajstić information content (AvgIpc) is 3.14. The van der Waals surface area contributed by atoms with Gasteiger partial charge in [-0.25, -0.2) is 0 Å². The van der Waals surface area contributed by atoms with Gasteiger partial charge in [0.1, 0.15) is 0 Å². The number of Topliss-reactive ketones (excluding diaryl/α,β-unsaturated/α-hetero) is 1. The highest BCUT2D eigenvalue weighted by Gasteiger charge is 2.44. The van der Waals surface area contributed by atoms with Crippen molar-refractivity contribution in [3.05, 3.63) is 119 Å². The van der Waals surface area contributed by atoms with E-state index in [-0.39, 0.29) is 11.3 Å². The Morgan fingerprint density at radius 1 is 0.742 bits per heavy atom. The molecule has 0 saturated heterocycles. The summed E-state index contributed by atoms with van der Waals surface area (Å²) in [5, 5.41) is 0. The van der Waals surface area contributed by atoms with Crippen LogP contribution in [-0.4, -0.2) is 17.0 Å². The smallest absolute Gasteiger partial charge is 0.195 e. The normalized spacial score (nSPS) is 17.6. The SMILES string of the molecule is O=C(C1=C(Cc2ccccc2)C2(CCCCC2)N=C1c1ccccc1)c1ccccc1. The van der Waals surface area contributed by atoms with Crippen LogP contribution in [0.4, 0.5) is 0 Å². The zero-order valence-corrected chi connectivity index (χ0v) is 17.8. The maximum atomic E-state index is 13.9. The van der Waals surface area contributed by atoms with Gasteiger partial charge < -0.3 is 0 Å². The summed E-state index contributed by atoms with van der Waals surface area (Å²) in [7, 11) is 0. The average molecular weight is 406 g/mol. The molecule has 0 atom stereocenters. The molecule has 0 amide bonds. The molecule has 3 aromatic carbocycles. The van der Waals surface area contributed by atoms with Crippen molar-refractivity contribution >= 4 is 11.5 Å². The van der Waals surface area contributed by atoms with Crippen LogP contribution in [0.3, 0.4) is 0 Å². The Morgan fingerprint density at radius 3 is 1.97 bits per heavy atom. The van der Waals surface area contributed by atoms with Gasteiger partial charge in [-0.15, -0.1) is 0 Å². The summed E-state index contributed by atoms with van der Waals surface area (Å²) in [5.41, 5.74) is 5.68. The quantitative estimate of drug-likeness (QED) is 0.439. The number of allylic oxidation sites excluding steroid dienone is 1. The van der Waals surface area contributed by atoms with Crippen molar-refractivity contribution in [2.45, 2.75) is 44.1 Å². The van der Waals surface area contributed by atoms with Crippen LogP contribution in [0.25, 0.3) is 0 Å². The Balaban J connectivity index is 1.71. The second kappa shape index (κ2) is 8.47. The first kappa shape index (κ1) is 19.7. The molecule has 1 fully saturated rings. The van der Waals surface area contributed by atoms with Crippen molar-refractivity contribution in [1.29, 1.82) is 0 Å². The molecule has 0 radical (unpaired) electrons.